The lowest BCUT2D eigenvalue weighted by molar-refractivity contribution is -0.134. The van der Waals surface area contributed by atoms with Crippen LogP contribution >= 0.6 is 0 Å². The van der Waals surface area contributed by atoms with Crippen LogP contribution in [0.15, 0.2) is 23.3 Å². The lowest BCUT2D eigenvalue weighted by atomic mass is 10.0. The van der Waals surface area contributed by atoms with Gasteiger partial charge >= 0.3 is 5.97 Å². The van der Waals surface area contributed by atoms with E-state index in [2.05, 4.69) is 17.7 Å². The van der Waals surface area contributed by atoms with Crippen LogP contribution in [-0.2, 0) is 14.3 Å². The molecule has 0 amide bonds. The second-order valence-corrected chi connectivity index (χ2v) is 5.72. The van der Waals surface area contributed by atoms with Crippen LogP contribution in [0.25, 0.3) is 0 Å². The lowest BCUT2D eigenvalue weighted by Crippen LogP contribution is -2.14. The van der Waals surface area contributed by atoms with Crippen molar-refractivity contribution in [2.24, 2.45) is 0 Å². The number of methoxy groups -OCH3 is 1. The van der Waals surface area contributed by atoms with Gasteiger partial charge in [0, 0.05) is 6.08 Å². The summed E-state index contributed by atoms with van der Waals surface area (Å²) in [7, 11) is 1.39. The molecule has 4 heteroatoms. The van der Waals surface area contributed by atoms with Crippen LogP contribution in [0.1, 0.15) is 46.5 Å². The van der Waals surface area contributed by atoms with Gasteiger partial charge in [-0.3, -0.25) is 0 Å². The Labute approximate surface area is 121 Å². The van der Waals surface area contributed by atoms with Gasteiger partial charge in [0.2, 0.25) is 0 Å². The first kappa shape index (κ1) is 16.9. The van der Waals surface area contributed by atoms with Gasteiger partial charge in [-0.1, -0.05) is 17.2 Å². The molecule has 1 heterocycles. The van der Waals surface area contributed by atoms with Gasteiger partial charge in [0.05, 0.1) is 19.8 Å². The fourth-order valence-electron chi connectivity index (χ4n) is 2.13. The maximum absolute atomic E-state index is 11.0. The number of carbonyl (C=O) groups excluding carboxylic acids is 1. The zero-order valence-corrected chi connectivity index (χ0v) is 12.9. The van der Waals surface area contributed by atoms with Crippen molar-refractivity contribution in [1.82, 2.24) is 0 Å². The summed E-state index contributed by atoms with van der Waals surface area (Å²) in [5.74, 6) is -0.294. The maximum atomic E-state index is 11.0. The van der Waals surface area contributed by atoms with E-state index in [4.69, 9.17) is 9.84 Å². The highest BCUT2D eigenvalue weighted by Crippen LogP contribution is 2.39. The standard InChI is InChI=1S/C16H26O4/c1-12(8-9-14-16(3,11-17)20-14)6-5-7-13(2)10-15(18)19-4/h6,10,14,17H,5,7-9,11H2,1-4H3. The van der Waals surface area contributed by atoms with E-state index in [-0.39, 0.29) is 24.3 Å². The molecule has 1 rings (SSSR count). The quantitative estimate of drug-likeness (QED) is 0.322. The Hall–Kier alpha value is -1.13. The van der Waals surface area contributed by atoms with Crippen LogP contribution in [0.3, 0.4) is 0 Å². The molecule has 20 heavy (non-hydrogen) atoms. The number of ether oxygens (including phenoxy) is 2. The molecular weight excluding hydrogens is 256 g/mol. The van der Waals surface area contributed by atoms with Crippen LogP contribution in [0.5, 0.6) is 0 Å². The summed E-state index contributed by atoms with van der Waals surface area (Å²) < 4.78 is 10.1. The van der Waals surface area contributed by atoms with E-state index in [9.17, 15) is 4.79 Å². The first-order chi connectivity index (χ1) is 9.41. The van der Waals surface area contributed by atoms with Crippen LogP contribution in [0.4, 0.5) is 0 Å². The fraction of sp³-hybridized carbons (Fsp3) is 0.688. The van der Waals surface area contributed by atoms with Crippen molar-refractivity contribution in [1.29, 1.82) is 0 Å². The molecule has 4 nitrogen and oxygen atoms in total. The third kappa shape index (κ3) is 5.47. The smallest absolute Gasteiger partial charge is 0.330 e. The van der Waals surface area contributed by atoms with Gasteiger partial charge in [-0.25, -0.2) is 4.79 Å². The first-order valence-electron chi connectivity index (χ1n) is 7.10. The molecule has 1 N–H and O–H groups in total. The highest BCUT2D eigenvalue weighted by molar-refractivity contribution is 5.82. The molecule has 1 fully saturated rings. The van der Waals surface area contributed by atoms with Crippen LogP contribution in [0, 0.1) is 0 Å². The molecule has 0 bridgehead atoms. The van der Waals surface area contributed by atoms with E-state index in [1.54, 1.807) is 0 Å². The van der Waals surface area contributed by atoms with Gasteiger partial charge in [-0.2, -0.15) is 0 Å². The molecule has 2 atom stereocenters. The Morgan fingerprint density at radius 2 is 2.05 bits per heavy atom. The van der Waals surface area contributed by atoms with E-state index in [1.807, 2.05) is 13.8 Å². The zero-order chi connectivity index (χ0) is 15.2. The number of allylic oxidation sites excluding steroid dienone is 3. The summed E-state index contributed by atoms with van der Waals surface area (Å²) in [6.07, 6.45) is 7.66. The van der Waals surface area contributed by atoms with E-state index in [0.29, 0.717) is 0 Å². The molecule has 0 aromatic heterocycles. The molecule has 0 radical (unpaired) electrons. The summed E-state index contributed by atoms with van der Waals surface area (Å²) in [6, 6.07) is 0. The van der Waals surface area contributed by atoms with Gasteiger partial charge in [-0.15, -0.1) is 0 Å². The second-order valence-electron chi connectivity index (χ2n) is 5.72. The molecule has 114 valence electrons. The first-order valence-corrected chi connectivity index (χ1v) is 7.10. The summed E-state index contributed by atoms with van der Waals surface area (Å²) in [5, 5.41) is 9.11. The number of esters is 1. The molecule has 1 aliphatic rings. The van der Waals surface area contributed by atoms with Crippen molar-refractivity contribution in [2.75, 3.05) is 13.7 Å². The number of hydrogen-bond donors (Lipinski definition) is 1. The molecule has 0 saturated carbocycles. The van der Waals surface area contributed by atoms with Crippen molar-refractivity contribution >= 4 is 5.97 Å². The number of epoxide rings is 1. The zero-order valence-electron chi connectivity index (χ0n) is 12.9. The van der Waals surface area contributed by atoms with Crippen molar-refractivity contribution in [3.8, 4) is 0 Å². The minimum atomic E-state index is -0.305. The Morgan fingerprint density at radius 3 is 2.60 bits per heavy atom. The Morgan fingerprint density at radius 1 is 1.35 bits per heavy atom. The molecule has 1 saturated heterocycles. The Bertz CT molecular complexity index is 397. The SMILES string of the molecule is COC(=O)C=C(C)CCC=C(C)CCC1OC1(C)CO. The predicted octanol–water partition coefficient (Wildman–Crippen LogP) is 2.76. The van der Waals surface area contributed by atoms with Gasteiger partial charge in [0.25, 0.3) is 0 Å². The summed E-state index contributed by atoms with van der Waals surface area (Å²) >= 11 is 0. The number of aliphatic hydroxyl groups is 1. The summed E-state index contributed by atoms with van der Waals surface area (Å²) in [6.45, 7) is 6.08. The van der Waals surface area contributed by atoms with Crippen molar-refractivity contribution in [3.05, 3.63) is 23.3 Å². The van der Waals surface area contributed by atoms with Crippen LogP contribution in [0.2, 0.25) is 0 Å². The predicted molar refractivity (Wildman–Crippen MR) is 78.4 cm³/mol. The average molecular weight is 282 g/mol. The Balaban J connectivity index is 2.22. The number of carbonyl (C=O) groups is 1. The molecule has 0 aliphatic carbocycles. The minimum Gasteiger partial charge on any atom is -0.466 e. The molecule has 0 aromatic carbocycles. The van der Waals surface area contributed by atoms with E-state index < -0.39 is 0 Å². The number of hydrogen-bond acceptors (Lipinski definition) is 4. The summed E-state index contributed by atoms with van der Waals surface area (Å²) in [5.41, 5.74) is 2.05. The Kier molecular flexibility index (Phi) is 6.43. The maximum Gasteiger partial charge on any atom is 0.330 e. The normalized spacial score (nSPS) is 26.6. The lowest BCUT2D eigenvalue weighted by Gasteiger charge is -2.03. The fourth-order valence-corrected chi connectivity index (χ4v) is 2.13. The van der Waals surface area contributed by atoms with Gasteiger partial charge in [-0.05, 0) is 46.5 Å². The molecule has 2 unspecified atom stereocenters. The van der Waals surface area contributed by atoms with E-state index >= 15 is 0 Å². The third-order valence-corrected chi connectivity index (χ3v) is 3.75. The number of rotatable bonds is 8. The van der Waals surface area contributed by atoms with E-state index in [1.165, 1.54) is 18.8 Å². The van der Waals surface area contributed by atoms with Crippen molar-refractivity contribution < 1.29 is 19.4 Å². The molecule has 0 spiro atoms. The van der Waals surface area contributed by atoms with Gasteiger partial charge < -0.3 is 14.6 Å². The molecular formula is C16H26O4. The third-order valence-electron chi connectivity index (χ3n) is 3.75. The van der Waals surface area contributed by atoms with Crippen LogP contribution in [-0.4, -0.2) is 36.5 Å². The highest BCUT2D eigenvalue weighted by atomic mass is 16.6. The average Bonchev–Trinajstić information content (AvgIpc) is 3.08. The molecule has 1 aliphatic heterocycles. The highest BCUT2D eigenvalue weighted by Gasteiger charge is 2.50. The van der Waals surface area contributed by atoms with Crippen molar-refractivity contribution in [3.63, 3.8) is 0 Å². The van der Waals surface area contributed by atoms with E-state index in [0.717, 1.165) is 31.3 Å². The minimum absolute atomic E-state index is 0.0952. The van der Waals surface area contributed by atoms with Gasteiger partial charge in [0.15, 0.2) is 0 Å². The van der Waals surface area contributed by atoms with Crippen LogP contribution < -0.4 is 0 Å². The summed E-state index contributed by atoms with van der Waals surface area (Å²) in [4.78, 5) is 11.0. The topological polar surface area (TPSA) is 59.1 Å². The largest absolute Gasteiger partial charge is 0.466 e. The number of aliphatic hydroxyl groups excluding tert-OH is 1. The van der Waals surface area contributed by atoms with Crippen molar-refractivity contribution in [2.45, 2.75) is 58.2 Å². The molecule has 0 aromatic rings. The second kappa shape index (κ2) is 7.60. The monoisotopic (exact) mass is 282 g/mol. The van der Waals surface area contributed by atoms with Gasteiger partial charge in [0.1, 0.15) is 5.60 Å².